The van der Waals surface area contributed by atoms with Crippen LogP contribution in [0.1, 0.15) is 51.4 Å². The maximum atomic E-state index is 11.3. The number of aliphatic carboxylic acids is 1. The van der Waals surface area contributed by atoms with Crippen molar-refractivity contribution in [2.24, 2.45) is 5.92 Å². The Balaban J connectivity index is 2.38. The summed E-state index contributed by atoms with van der Waals surface area (Å²) in [6.07, 6.45) is 6.79. The zero-order valence-electron chi connectivity index (χ0n) is 9.71. The van der Waals surface area contributed by atoms with Gasteiger partial charge in [0.25, 0.3) is 0 Å². The average Bonchev–Trinajstić information content (AvgIpc) is 2.22. The molecule has 2 N–H and O–H groups in total. The molecule has 4 nitrogen and oxygen atoms in total. The van der Waals surface area contributed by atoms with E-state index in [1.54, 1.807) is 0 Å². The highest BCUT2D eigenvalue weighted by Gasteiger charge is 2.16. The van der Waals surface area contributed by atoms with Crippen molar-refractivity contribution in [1.82, 2.24) is 5.32 Å². The van der Waals surface area contributed by atoms with Gasteiger partial charge in [-0.3, -0.25) is 9.59 Å². The van der Waals surface area contributed by atoms with E-state index in [-0.39, 0.29) is 11.8 Å². The maximum Gasteiger partial charge on any atom is 0.306 e. The van der Waals surface area contributed by atoms with Crippen LogP contribution in [0.25, 0.3) is 0 Å². The van der Waals surface area contributed by atoms with E-state index in [9.17, 15) is 9.59 Å². The number of carboxylic acid groups (broad SMARTS) is 1. The molecule has 92 valence electrons. The molecule has 0 saturated carbocycles. The number of carbonyl (C=O) groups is 2. The molecule has 4 heteroatoms. The number of hydrogen-bond acceptors (Lipinski definition) is 2. The Bertz CT molecular complexity index is 238. The minimum atomic E-state index is -0.691. The summed E-state index contributed by atoms with van der Waals surface area (Å²) >= 11 is 0. The van der Waals surface area contributed by atoms with Gasteiger partial charge in [0.2, 0.25) is 5.91 Å². The summed E-state index contributed by atoms with van der Waals surface area (Å²) in [5.74, 6) is -0.813. The molecule has 0 aromatic rings. The average molecular weight is 227 g/mol. The summed E-state index contributed by atoms with van der Waals surface area (Å²) in [4.78, 5) is 22.2. The monoisotopic (exact) mass is 227 g/mol. The van der Waals surface area contributed by atoms with E-state index in [1.165, 1.54) is 0 Å². The summed E-state index contributed by atoms with van der Waals surface area (Å²) in [6, 6.07) is 0. The smallest absolute Gasteiger partial charge is 0.306 e. The van der Waals surface area contributed by atoms with Crippen molar-refractivity contribution in [1.29, 1.82) is 0 Å². The summed E-state index contributed by atoms with van der Waals surface area (Å²) in [7, 11) is 0. The first-order valence-corrected chi connectivity index (χ1v) is 6.19. The number of hydrogen-bond donors (Lipinski definition) is 2. The molecule has 1 unspecified atom stereocenters. The van der Waals surface area contributed by atoms with Gasteiger partial charge in [-0.25, -0.2) is 0 Å². The van der Waals surface area contributed by atoms with Crippen molar-refractivity contribution in [2.45, 2.75) is 51.4 Å². The Morgan fingerprint density at radius 2 is 1.81 bits per heavy atom. The third kappa shape index (κ3) is 5.14. The van der Waals surface area contributed by atoms with Gasteiger partial charge >= 0.3 is 5.97 Å². The second kappa shape index (κ2) is 7.25. The van der Waals surface area contributed by atoms with Gasteiger partial charge in [-0.15, -0.1) is 0 Å². The van der Waals surface area contributed by atoms with E-state index < -0.39 is 5.97 Å². The lowest BCUT2D eigenvalue weighted by atomic mass is 9.95. The first kappa shape index (κ1) is 13.0. The Hall–Kier alpha value is -1.06. The molecule has 1 fully saturated rings. The fraction of sp³-hybridized carbons (Fsp3) is 0.833. The lowest BCUT2D eigenvalue weighted by Crippen LogP contribution is -2.25. The molecular weight excluding hydrogens is 206 g/mol. The predicted molar refractivity (Wildman–Crippen MR) is 61.1 cm³/mol. The van der Waals surface area contributed by atoms with Crippen LogP contribution in [0.5, 0.6) is 0 Å². The number of amides is 1. The van der Waals surface area contributed by atoms with Crippen LogP contribution < -0.4 is 5.32 Å². The molecule has 0 aromatic heterocycles. The van der Waals surface area contributed by atoms with Crippen molar-refractivity contribution < 1.29 is 14.7 Å². The zero-order chi connectivity index (χ0) is 11.8. The van der Waals surface area contributed by atoms with Crippen molar-refractivity contribution in [3.05, 3.63) is 0 Å². The highest BCUT2D eigenvalue weighted by molar-refractivity contribution is 5.75. The van der Waals surface area contributed by atoms with Gasteiger partial charge in [-0.2, -0.15) is 0 Å². The molecule has 0 radical (unpaired) electrons. The van der Waals surface area contributed by atoms with Crippen LogP contribution in [-0.4, -0.2) is 23.5 Å². The number of rotatable bonds is 1. The fourth-order valence-corrected chi connectivity index (χ4v) is 2.09. The van der Waals surface area contributed by atoms with Crippen LogP contribution in [0, 0.1) is 5.92 Å². The molecule has 1 rings (SSSR count). The summed E-state index contributed by atoms with van der Waals surface area (Å²) < 4.78 is 0. The van der Waals surface area contributed by atoms with E-state index in [0.717, 1.165) is 38.5 Å². The third-order valence-corrected chi connectivity index (χ3v) is 3.11. The molecule has 1 heterocycles. The van der Waals surface area contributed by atoms with Crippen molar-refractivity contribution in [3.63, 3.8) is 0 Å². The first-order valence-electron chi connectivity index (χ1n) is 6.19. The molecule has 0 bridgehead atoms. The van der Waals surface area contributed by atoms with Crippen molar-refractivity contribution in [2.75, 3.05) is 6.54 Å². The quantitative estimate of drug-likeness (QED) is 0.719. The molecule has 1 saturated heterocycles. The van der Waals surface area contributed by atoms with E-state index in [4.69, 9.17) is 5.11 Å². The lowest BCUT2D eigenvalue weighted by molar-refractivity contribution is -0.142. The van der Waals surface area contributed by atoms with E-state index in [2.05, 4.69) is 5.32 Å². The minimum Gasteiger partial charge on any atom is -0.481 e. The molecule has 0 aliphatic carbocycles. The number of carbonyl (C=O) groups excluding carboxylic acids is 1. The predicted octanol–water partition coefficient (Wildman–Crippen LogP) is 1.94. The molecule has 1 atom stereocenters. The first-order chi connectivity index (χ1) is 7.70. The standard InChI is InChI=1S/C12H21NO3/c14-11-8-4-2-1-3-6-10(12(15)16)7-5-9-13-11/h10H,1-9H2,(H,13,14)(H,15,16). The van der Waals surface area contributed by atoms with Crippen LogP contribution >= 0.6 is 0 Å². The topological polar surface area (TPSA) is 66.4 Å². The Morgan fingerprint density at radius 3 is 2.56 bits per heavy atom. The summed E-state index contributed by atoms with van der Waals surface area (Å²) in [5, 5.41) is 11.8. The van der Waals surface area contributed by atoms with Crippen LogP contribution in [-0.2, 0) is 9.59 Å². The van der Waals surface area contributed by atoms with Gasteiger partial charge in [0, 0.05) is 13.0 Å². The highest BCUT2D eigenvalue weighted by atomic mass is 16.4. The maximum absolute atomic E-state index is 11.3. The van der Waals surface area contributed by atoms with Gasteiger partial charge in [0.05, 0.1) is 5.92 Å². The molecular formula is C12H21NO3. The highest BCUT2D eigenvalue weighted by Crippen LogP contribution is 2.17. The van der Waals surface area contributed by atoms with Crippen LogP contribution in [0.4, 0.5) is 0 Å². The summed E-state index contributed by atoms with van der Waals surface area (Å²) in [5.41, 5.74) is 0. The molecule has 0 spiro atoms. The number of carboxylic acids is 1. The van der Waals surface area contributed by atoms with E-state index >= 15 is 0 Å². The second-order valence-electron chi connectivity index (χ2n) is 4.48. The van der Waals surface area contributed by atoms with Gasteiger partial charge in [0.1, 0.15) is 0 Å². The molecule has 1 aliphatic rings. The third-order valence-electron chi connectivity index (χ3n) is 3.11. The zero-order valence-corrected chi connectivity index (χ0v) is 9.71. The van der Waals surface area contributed by atoms with Crippen LogP contribution in [0.3, 0.4) is 0 Å². The van der Waals surface area contributed by atoms with Gasteiger partial charge < -0.3 is 10.4 Å². The van der Waals surface area contributed by atoms with Gasteiger partial charge in [0.15, 0.2) is 0 Å². The molecule has 1 aliphatic heterocycles. The molecule has 16 heavy (non-hydrogen) atoms. The minimum absolute atomic E-state index is 0.104. The summed E-state index contributed by atoms with van der Waals surface area (Å²) in [6.45, 7) is 0.614. The normalized spacial score (nSPS) is 25.0. The van der Waals surface area contributed by atoms with Crippen molar-refractivity contribution >= 4 is 11.9 Å². The fourth-order valence-electron chi connectivity index (χ4n) is 2.09. The van der Waals surface area contributed by atoms with E-state index in [0.29, 0.717) is 19.4 Å². The van der Waals surface area contributed by atoms with Gasteiger partial charge in [-0.05, 0) is 25.7 Å². The Morgan fingerprint density at radius 1 is 1.12 bits per heavy atom. The molecule has 1 amide bonds. The largest absolute Gasteiger partial charge is 0.481 e. The Labute approximate surface area is 96.4 Å². The lowest BCUT2D eigenvalue weighted by Gasteiger charge is -2.13. The van der Waals surface area contributed by atoms with Crippen LogP contribution in [0.15, 0.2) is 0 Å². The number of nitrogens with one attached hydrogen (secondary N) is 1. The Kier molecular flexibility index (Phi) is 5.90. The van der Waals surface area contributed by atoms with E-state index in [1.807, 2.05) is 0 Å². The SMILES string of the molecule is O=C1CCCCCCC(C(=O)O)CCCN1. The molecule has 0 aromatic carbocycles. The van der Waals surface area contributed by atoms with Crippen LogP contribution in [0.2, 0.25) is 0 Å². The van der Waals surface area contributed by atoms with Gasteiger partial charge in [-0.1, -0.05) is 19.3 Å². The van der Waals surface area contributed by atoms with Crippen molar-refractivity contribution in [3.8, 4) is 0 Å². The second-order valence-corrected chi connectivity index (χ2v) is 4.48.